The maximum Gasteiger partial charge on any atom is 0.343 e. The lowest BCUT2D eigenvalue weighted by atomic mass is 9.97. The number of imide groups is 1. The minimum Gasteiger partial charge on any atom is -0.457 e. The molecule has 0 aromatic heterocycles. The van der Waals surface area contributed by atoms with Gasteiger partial charge in [-0.2, -0.15) is 0 Å². The standard InChI is InChI=1S/C27H25N3O4/c1-19-28-26(31)30(27(32)29(19)22-8-4-2-5-9-22)23-14-15-25(34-24-10-6-3-7-11-24)21(16-23)13-12-20-17-33-18-20/h2-11,14-16,20H,1,12-13,17-18H2,(H,28,31). The van der Waals surface area contributed by atoms with E-state index in [0.29, 0.717) is 23.0 Å². The van der Waals surface area contributed by atoms with E-state index in [2.05, 4.69) is 11.9 Å². The van der Waals surface area contributed by atoms with Crippen LogP contribution in [0.5, 0.6) is 11.5 Å². The molecule has 7 heteroatoms. The van der Waals surface area contributed by atoms with Crippen LogP contribution in [0.1, 0.15) is 12.0 Å². The number of amides is 4. The van der Waals surface area contributed by atoms with Crippen LogP contribution in [0.25, 0.3) is 0 Å². The predicted molar refractivity (Wildman–Crippen MR) is 130 cm³/mol. The summed E-state index contributed by atoms with van der Waals surface area (Å²) in [7, 11) is 0. The second-order valence-electron chi connectivity index (χ2n) is 8.32. The maximum absolute atomic E-state index is 13.4. The van der Waals surface area contributed by atoms with E-state index in [0.717, 1.165) is 42.3 Å². The summed E-state index contributed by atoms with van der Waals surface area (Å²) < 4.78 is 11.4. The molecular weight excluding hydrogens is 430 g/mol. The van der Waals surface area contributed by atoms with Crippen molar-refractivity contribution < 1.29 is 19.1 Å². The van der Waals surface area contributed by atoms with Crippen LogP contribution in [0, 0.1) is 5.92 Å². The zero-order valence-corrected chi connectivity index (χ0v) is 18.6. The highest BCUT2D eigenvalue weighted by atomic mass is 16.5. The van der Waals surface area contributed by atoms with E-state index in [-0.39, 0.29) is 5.82 Å². The predicted octanol–water partition coefficient (Wildman–Crippen LogP) is 5.69. The monoisotopic (exact) mass is 455 g/mol. The number of carbonyl (C=O) groups is 2. The molecule has 3 aromatic rings. The number of nitrogens with one attached hydrogen (secondary N) is 1. The zero-order chi connectivity index (χ0) is 23.5. The lowest BCUT2D eigenvalue weighted by Gasteiger charge is -2.36. The Kier molecular flexibility index (Phi) is 6.01. The molecule has 0 saturated carbocycles. The first kappa shape index (κ1) is 21.7. The van der Waals surface area contributed by atoms with Crippen molar-refractivity contribution in [1.29, 1.82) is 0 Å². The minimum atomic E-state index is -0.544. The molecule has 0 bridgehead atoms. The molecule has 2 aliphatic heterocycles. The number of nitrogens with zero attached hydrogens (tertiary/aromatic N) is 2. The Hall–Kier alpha value is -4.10. The number of aryl methyl sites for hydroxylation is 1. The van der Waals surface area contributed by atoms with E-state index in [1.165, 1.54) is 4.90 Å². The molecule has 7 nitrogen and oxygen atoms in total. The highest BCUT2D eigenvalue weighted by molar-refractivity contribution is 6.22. The van der Waals surface area contributed by atoms with E-state index >= 15 is 0 Å². The second-order valence-corrected chi connectivity index (χ2v) is 8.32. The number of para-hydroxylation sites is 2. The molecule has 5 rings (SSSR count). The van der Waals surface area contributed by atoms with Crippen molar-refractivity contribution in [3.05, 3.63) is 96.8 Å². The molecule has 2 saturated heterocycles. The van der Waals surface area contributed by atoms with Crippen molar-refractivity contribution in [2.75, 3.05) is 23.0 Å². The molecule has 0 aliphatic carbocycles. The number of hydrogen-bond acceptors (Lipinski definition) is 4. The Balaban J connectivity index is 1.47. The van der Waals surface area contributed by atoms with Crippen LogP contribution in [0.15, 0.2) is 91.3 Å². The van der Waals surface area contributed by atoms with Gasteiger partial charge >= 0.3 is 12.1 Å². The molecule has 0 unspecified atom stereocenters. The highest BCUT2D eigenvalue weighted by Crippen LogP contribution is 2.33. The van der Waals surface area contributed by atoms with Crippen LogP contribution in [0.2, 0.25) is 0 Å². The molecule has 1 N–H and O–H groups in total. The van der Waals surface area contributed by atoms with Gasteiger partial charge in [0.05, 0.1) is 24.6 Å². The molecule has 34 heavy (non-hydrogen) atoms. The van der Waals surface area contributed by atoms with Gasteiger partial charge in [0, 0.05) is 5.92 Å². The smallest absolute Gasteiger partial charge is 0.343 e. The number of rotatable bonds is 7. The molecule has 2 fully saturated rings. The van der Waals surface area contributed by atoms with Crippen LogP contribution in [-0.4, -0.2) is 25.3 Å². The zero-order valence-electron chi connectivity index (χ0n) is 18.6. The Labute approximate surface area is 198 Å². The number of urea groups is 2. The van der Waals surface area contributed by atoms with Crippen LogP contribution >= 0.6 is 0 Å². The molecule has 0 spiro atoms. The van der Waals surface area contributed by atoms with Gasteiger partial charge in [-0.15, -0.1) is 0 Å². The third-order valence-corrected chi connectivity index (χ3v) is 5.92. The van der Waals surface area contributed by atoms with E-state index in [9.17, 15) is 9.59 Å². The van der Waals surface area contributed by atoms with Gasteiger partial charge in [-0.1, -0.05) is 43.0 Å². The van der Waals surface area contributed by atoms with Gasteiger partial charge in [0.1, 0.15) is 17.3 Å². The first-order valence-corrected chi connectivity index (χ1v) is 11.2. The average molecular weight is 456 g/mol. The molecule has 2 aliphatic rings. The highest BCUT2D eigenvalue weighted by Gasteiger charge is 2.37. The van der Waals surface area contributed by atoms with Crippen LogP contribution in [-0.2, 0) is 11.2 Å². The van der Waals surface area contributed by atoms with Crippen molar-refractivity contribution in [2.24, 2.45) is 5.92 Å². The van der Waals surface area contributed by atoms with Crippen LogP contribution < -0.4 is 19.9 Å². The Bertz CT molecular complexity index is 1210. The fraction of sp³-hybridized carbons (Fsp3) is 0.185. The largest absolute Gasteiger partial charge is 0.457 e. The van der Waals surface area contributed by atoms with Crippen molar-refractivity contribution >= 4 is 23.4 Å². The van der Waals surface area contributed by atoms with Gasteiger partial charge in [0.25, 0.3) is 0 Å². The lowest BCUT2D eigenvalue weighted by molar-refractivity contribution is -0.0352. The van der Waals surface area contributed by atoms with Gasteiger partial charge in [-0.05, 0) is 60.9 Å². The average Bonchev–Trinajstić information content (AvgIpc) is 2.80. The molecule has 4 amide bonds. The Morgan fingerprint density at radius 1 is 0.912 bits per heavy atom. The first-order chi connectivity index (χ1) is 16.6. The first-order valence-electron chi connectivity index (χ1n) is 11.2. The van der Waals surface area contributed by atoms with Crippen molar-refractivity contribution in [1.82, 2.24) is 5.32 Å². The maximum atomic E-state index is 13.4. The number of carbonyl (C=O) groups excluding carboxylic acids is 2. The molecule has 0 radical (unpaired) electrons. The summed E-state index contributed by atoms with van der Waals surface area (Å²) in [5.74, 6) is 2.14. The second kappa shape index (κ2) is 9.41. The quantitative estimate of drug-likeness (QED) is 0.497. The van der Waals surface area contributed by atoms with Gasteiger partial charge in [0.15, 0.2) is 0 Å². The van der Waals surface area contributed by atoms with Crippen molar-refractivity contribution in [2.45, 2.75) is 12.8 Å². The molecule has 2 heterocycles. The van der Waals surface area contributed by atoms with E-state index < -0.39 is 12.1 Å². The Morgan fingerprint density at radius 2 is 1.62 bits per heavy atom. The van der Waals surface area contributed by atoms with Crippen molar-refractivity contribution in [3.63, 3.8) is 0 Å². The summed E-state index contributed by atoms with van der Waals surface area (Å²) in [4.78, 5) is 28.8. The summed E-state index contributed by atoms with van der Waals surface area (Å²) in [5.41, 5.74) is 2.01. The Morgan fingerprint density at radius 3 is 2.29 bits per heavy atom. The normalized spacial score (nSPS) is 16.3. The molecule has 172 valence electrons. The third-order valence-electron chi connectivity index (χ3n) is 5.92. The van der Waals surface area contributed by atoms with Gasteiger partial charge < -0.3 is 9.47 Å². The van der Waals surface area contributed by atoms with Gasteiger partial charge in [0.2, 0.25) is 0 Å². The summed E-state index contributed by atoms with van der Waals surface area (Å²) >= 11 is 0. The minimum absolute atomic E-state index is 0.215. The van der Waals surface area contributed by atoms with Crippen molar-refractivity contribution in [3.8, 4) is 11.5 Å². The van der Waals surface area contributed by atoms with Crippen LogP contribution in [0.3, 0.4) is 0 Å². The van der Waals surface area contributed by atoms with Gasteiger partial charge in [-0.25, -0.2) is 19.4 Å². The SMILES string of the molecule is C=C1NC(=O)N(c2ccc(Oc3ccccc3)c(CCC3COC3)c2)C(=O)N1c1ccccc1. The van der Waals surface area contributed by atoms with Gasteiger partial charge in [-0.3, -0.25) is 5.32 Å². The molecule has 0 atom stereocenters. The van der Waals surface area contributed by atoms with E-state index in [4.69, 9.17) is 9.47 Å². The number of anilines is 2. The summed E-state index contributed by atoms with van der Waals surface area (Å²) in [6.07, 6.45) is 1.67. The van der Waals surface area contributed by atoms with E-state index in [1.807, 2.05) is 60.7 Å². The van der Waals surface area contributed by atoms with Crippen LogP contribution in [0.4, 0.5) is 21.0 Å². The summed E-state index contributed by atoms with van der Waals surface area (Å²) in [5, 5.41) is 2.70. The number of ether oxygens (including phenoxy) is 2. The lowest BCUT2D eigenvalue weighted by Crippen LogP contribution is -2.58. The number of hydrogen-bond donors (Lipinski definition) is 1. The fourth-order valence-corrected chi connectivity index (χ4v) is 4.03. The fourth-order valence-electron chi connectivity index (χ4n) is 4.03. The number of benzene rings is 3. The summed E-state index contributed by atoms with van der Waals surface area (Å²) in [6.45, 7) is 5.38. The summed E-state index contributed by atoms with van der Waals surface area (Å²) in [6, 6.07) is 23.0. The topological polar surface area (TPSA) is 71.1 Å². The third kappa shape index (κ3) is 4.38. The van der Waals surface area contributed by atoms with E-state index in [1.54, 1.807) is 18.2 Å². The molecular formula is C27H25N3O4. The molecule has 3 aromatic carbocycles.